The van der Waals surface area contributed by atoms with Crippen molar-refractivity contribution in [2.45, 2.75) is 57.7 Å². The first-order chi connectivity index (χ1) is 8.10. The largest absolute Gasteiger partial charge is 0.468 e. The molecule has 100 valence electrons. The molecule has 0 aromatic heterocycles. The molecule has 0 aliphatic heterocycles. The van der Waals surface area contributed by atoms with Gasteiger partial charge in [0, 0.05) is 13.2 Å². The van der Waals surface area contributed by atoms with E-state index in [9.17, 15) is 4.79 Å². The van der Waals surface area contributed by atoms with Gasteiger partial charge in [-0.25, -0.2) is 0 Å². The van der Waals surface area contributed by atoms with Crippen LogP contribution in [0.25, 0.3) is 0 Å². The fourth-order valence-corrected chi connectivity index (χ4v) is 2.46. The van der Waals surface area contributed by atoms with Gasteiger partial charge in [0.25, 0.3) is 0 Å². The lowest BCUT2D eigenvalue weighted by Gasteiger charge is -2.34. The summed E-state index contributed by atoms with van der Waals surface area (Å²) in [5, 5.41) is 3.41. The van der Waals surface area contributed by atoms with Crippen molar-refractivity contribution in [3.63, 3.8) is 0 Å². The van der Waals surface area contributed by atoms with E-state index >= 15 is 0 Å². The summed E-state index contributed by atoms with van der Waals surface area (Å²) in [7, 11) is 3.18. The molecule has 1 N–H and O–H groups in total. The van der Waals surface area contributed by atoms with Crippen molar-refractivity contribution in [1.82, 2.24) is 5.32 Å². The molecular weight excluding hydrogens is 218 g/mol. The van der Waals surface area contributed by atoms with E-state index in [0.29, 0.717) is 0 Å². The quantitative estimate of drug-likeness (QED) is 0.747. The lowest BCUT2D eigenvalue weighted by molar-refractivity contribution is -0.145. The average Bonchev–Trinajstić information content (AvgIpc) is 2.35. The van der Waals surface area contributed by atoms with Gasteiger partial charge < -0.3 is 9.47 Å². The maximum absolute atomic E-state index is 11.7. The van der Waals surface area contributed by atoms with Crippen LogP contribution in [-0.4, -0.2) is 38.4 Å². The number of hydrogen-bond donors (Lipinski definition) is 1. The van der Waals surface area contributed by atoms with Crippen LogP contribution >= 0.6 is 0 Å². The predicted octanol–water partition coefficient (Wildman–Crippen LogP) is 1.73. The number of hydrogen-bond acceptors (Lipinski definition) is 4. The number of esters is 1. The molecule has 0 radical (unpaired) electrons. The molecule has 1 aliphatic rings. The molecule has 1 saturated carbocycles. The molecule has 1 aliphatic carbocycles. The maximum Gasteiger partial charge on any atom is 0.323 e. The zero-order valence-corrected chi connectivity index (χ0v) is 11.4. The van der Waals surface area contributed by atoms with E-state index in [0.717, 1.165) is 12.8 Å². The Labute approximate surface area is 104 Å². The van der Waals surface area contributed by atoms with Crippen LogP contribution in [0.1, 0.15) is 39.5 Å². The minimum atomic E-state index is -0.235. The van der Waals surface area contributed by atoms with Gasteiger partial charge in [-0.3, -0.25) is 10.1 Å². The molecule has 0 saturated heterocycles. The molecule has 1 fully saturated rings. The summed E-state index contributed by atoms with van der Waals surface area (Å²) >= 11 is 0. The zero-order valence-electron chi connectivity index (χ0n) is 11.4. The standard InChI is InChI=1S/C13H25NO3/c1-9(2)12(13(15)17-4)14-10-7-5-6-8-11(10)16-3/h9-12,14H,5-8H2,1-4H3/t10?,11?,12-/m1/s1. The van der Waals surface area contributed by atoms with Crippen molar-refractivity contribution < 1.29 is 14.3 Å². The first kappa shape index (κ1) is 14.5. The maximum atomic E-state index is 11.7. The minimum absolute atomic E-state index is 0.180. The highest BCUT2D eigenvalue weighted by molar-refractivity contribution is 5.76. The van der Waals surface area contributed by atoms with Crippen LogP contribution < -0.4 is 5.32 Å². The van der Waals surface area contributed by atoms with E-state index in [4.69, 9.17) is 9.47 Å². The summed E-state index contributed by atoms with van der Waals surface area (Å²) in [6.45, 7) is 4.05. The highest BCUT2D eigenvalue weighted by atomic mass is 16.5. The van der Waals surface area contributed by atoms with Gasteiger partial charge >= 0.3 is 5.97 Å². The van der Waals surface area contributed by atoms with Crippen LogP contribution in [0.5, 0.6) is 0 Å². The topological polar surface area (TPSA) is 47.6 Å². The number of carbonyl (C=O) groups is 1. The third kappa shape index (κ3) is 3.96. The highest BCUT2D eigenvalue weighted by Crippen LogP contribution is 2.22. The molecule has 0 bridgehead atoms. The fraction of sp³-hybridized carbons (Fsp3) is 0.923. The van der Waals surface area contributed by atoms with Crippen LogP contribution in [0.3, 0.4) is 0 Å². The lowest BCUT2D eigenvalue weighted by atomic mass is 9.90. The number of rotatable bonds is 5. The van der Waals surface area contributed by atoms with Gasteiger partial charge in [0.2, 0.25) is 0 Å². The van der Waals surface area contributed by atoms with E-state index in [2.05, 4.69) is 5.32 Å². The third-order valence-corrected chi connectivity index (χ3v) is 3.52. The van der Waals surface area contributed by atoms with Gasteiger partial charge in [-0.15, -0.1) is 0 Å². The smallest absolute Gasteiger partial charge is 0.323 e. The van der Waals surface area contributed by atoms with Crippen molar-refractivity contribution >= 4 is 5.97 Å². The summed E-state index contributed by atoms with van der Waals surface area (Å²) in [5.41, 5.74) is 0. The highest BCUT2D eigenvalue weighted by Gasteiger charge is 2.31. The number of carbonyl (C=O) groups excluding carboxylic acids is 1. The Morgan fingerprint density at radius 3 is 2.41 bits per heavy atom. The molecule has 4 heteroatoms. The van der Waals surface area contributed by atoms with Gasteiger partial charge in [-0.05, 0) is 18.8 Å². The number of nitrogens with one attached hydrogen (secondary N) is 1. The molecule has 0 spiro atoms. The van der Waals surface area contributed by atoms with Gasteiger partial charge in [0.1, 0.15) is 6.04 Å². The van der Waals surface area contributed by atoms with Crippen molar-refractivity contribution in [2.75, 3.05) is 14.2 Å². The SMILES string of the molecule is COC(=O)[C@H](NC1CCCCC1OC)C(C)C. The van der Waals surface area contributed by atoms with E-state index in [1.165, 1.54) is 20.0 Å². The van der Waals surface area contributed by atoms with E-state index in [-0.39, 0.29) is 30.1 Å². The van der Waals surface area contributed by atoms with Crippen LogP contribution in [0, 0.1) is 5.92 Å². The number of ether oxygens (including phenoxy) is 2. The molecule has 1 rings (SSSR count). The second-order valence-corrected chi connectivity index (χ2v) is 5.08. The Hall–Kier alpha value is -0.610. The Balaban J connectivity index is 2.61. The monoisotopic (exact) mass is 243 g/mol. The molecule has 0 aromatic rings. The van der Waals surface area contributed by atoms with Crippen LogP contribution in [0.4, 0.5) is 0 Å². The molecule has 4 nitrogen and oxygen atoms in total. The van der Waals surface area contributed by atoms with Crippen molar-refractivity contribution in [3.8, 4) is 0 Å². The summed E-state index contributed by atoms with van der Waals surface area (Å²) in [6, 6.07) is 0.0287. The summed E-state index contributed by atoms with van der Waals surface area (Å²) in [5.74, 6) is 0.0438. The van der Waals surface area contributed by atoms with Crippen LogP contribution in [0.2, 0.25) is 0 Å². The van der Waals surface area contributed by atoms with Gasteiger partial charge in [0.15, 0.2) is 0 Å². The van der Waals surface area contributed by atoms with E-state index < -0.39 is 0 Å². The van der Waals surface area contributed by atoms with Crippen LogP contribution in [-0.2, 0) is 14.3 Å². The summed E-state index contributed by atoms with van der Waals surface area (Å²) in [6.07, 6.45) is 4.76. The molecular formula is C13H25NO3. The summed E-state index contributed by atoms with van der Waals surface area (Å²) < 4.78 is 10.3. The normalized spacial score (nSPS) is 26.9. The first-order valence-corrected chi connectivity index (χ1v) is 6.46. The Morgan fingerprint density at radius 2 is 1.88 bits per heavy atom. The minimum Gasteiger partial charge on any atom is -0.468 e. The van der Waals surface area contributed by atoms with Crippen molar-refractivity contribution in [3.05, 3.63) is 0 Å². The number of methoxy groups -OCH3 is 2. The Bertz CT molecular complexity index is 243. The molecule has 3 atom stereocenters. The summed E-state index contributed by atoms with van der Waals surface area (Å²) in [4.78, 5) is 11.7. The van der Waals surface area contributed by atoms with Crippen molar-refractivity contribution in [1.29, 1.82) is 0 Å². The third-order valence-electron chi connectivity index (χ3n) is 3.52. The van der Waals surface area contributed by atoms with Crippen molar-refractivity contribution in [2.24, 2.45) is 5.92 Å². The second kappa shape index (κ2) is 6.97. The molecule has 0 aromatic carbocycles. The predicted molar refractivity (Wildman–Crippen MR) is 66.8 cm³/mol. The molecule has 17 heavy (non-hydrogen) atoms. The van der Waals surface area contributed by atoms with Gasteiger partial charge in [-0.1, -0.05) is 26.7 Å². The Morgan fingerprint density at radius 1 is 1.24 bits per heavy atom. The molecule has 0 heterocycles. The first-order valence-electron chi connectivity index (χ1n) is 6.46. The van der Waals surface area contributed by atoms with Gasteiger partial charge in [0.05, 0.1) is 13.2 Å². The molecule has 2 unspecified atom stereocenters. The fourth-order valence-electron chi connectivity index (χ4n) is 2.46. The lowest BCUT2D eigenvalue weighted by Crippen LogP contribution is -2.52. The van der Waals surface area contributed by atoms with E-state index in [1.807, 2.05) is 13.8 Å². The zero-order chi connectivity index (χ0) is 12.8. The Kier molecular flexibility index (Phi) is 5.92. The second-order valence-electron chi connectivity index (χ2n) is 5.08. The van der Waals surface area contributed by atoms with Crippen LogP contribution in [0.15, 0.2) is 0 Å². The van der Waals surface area contributed by atoms with E-state index in [1.54, 1.807) is 7.11 Å². The van der Waals surface area contributed by atoms with Gasteiger partial charge in [-0.2, -0.15) is 0 Å². The molecule has 0 amide bonds. The average molecular weight is 243 g/mol.